The van der Waals surface area contributed by atoms with Crippen molar-refractivity contribution in [1.82, 2.24) is 20.1 Å². The molecule has 0 atom stereocenters. The predicted molar refractivity (Wildman–Crippen MR) is 101 cm³/mol. The van der Waals surface area contributed by atoms with E-state index >= 15 is 0 Å². The van der Waals surface area contributed by atoms with E-state index in [0.29, 0.717) is 31.9 Å². The second-order valence-corrected chi connectivity index (χ2v) is 6.67. The Morgan fingerprint density at radius 2 is 1.79 bits per heavy atom. The monoisotopic (exact) mass is 380 g/mol. The molecule has 0 aliphatic carbocycles. The molecule has 2 aromatic heterocycles. The van der Waals surface area contributed by atoms with Gasteiger partial charge in [-0.15, -0.1) is 0 Å². The van der Waals surface area contributed by atoms with Crippen LogP contribution in [0.5, 0.6) is 0 Å². The molecule has 0 saturated carbocycles. The van der Waals surface area contributed by atoms with Crippen molar-refractivity contribution in [2.24, 2.45) is 0 Å². The molecule has 2 N–H and O–H groups in total. The van der Waals surface area contributed by atoms with Crippen LogP contribution in [0.15, 0.2) is 53.3 Å². The minimum absolute atomic E-state index is 0.104. The van der Waals surface area contributed by atoms with Crippen LogP contribution >= 0.6 is 0 Å². The Labute approximate surface area is 161 Å². The Balaban J connectivity index is 1.31. The van der Waals surface area contributed by atoms with E-state index in [2.05, 4.69) is 10.3 Å². The van der Waals surface area contributed by atoms with Crippen LogP contribution in [-0.2, 0) is 16.1 Å². The number of piperazine rings is 1. The average Bonchev–Trinajstić information content (AvgIpc) is 3.40. The first-order chi connectivity index (χ1) is 13.6. The van der Waals surface area contributed by atoms with Crippen LogP contribution in [0.2, 0.25) is 0 Å². The highest BCUT2D eigenvalue weighted by atomic mass is 16.3. The number of aromatic amines is 1. The van der Waals surface area contributed by atoms with Crippen molar-refractivity contribution in [2.45, 2.75) is 6.54 Å². The summed E-state index contributed by atoms with van der Waals surface area (Å²) in [6.07, 6.45) is 3.02. The van der Waals surface area contributed by atoms with E-state index < -0.39 is 11.8 Å². The van der Waals surface area contributed by atoms with Gasteiger partial charge in [-0.25, -0.2) is 0 Å². The van der Waals surface area contributed by atoms with Crippen LogP contribution in [0, 0.1) is 0 Å². The molecule has 1 aliphatic rings. The number of carbonyl (C=O) groups excluding carboxylic acids is 3. The summed E-state index contributed by atoms with van der Waals surface area (Å²) in [7, 11) is 0. The number of carbonyl (C=O) groups is 3. The van der Waals surface area contributed by atoms with Gasteiger partial charge in [0.05, 0.1) is 12.5 Å². The Morgan fingerprint density at radius 3 is 2.50 bits per heavy atom. The second kappa shape index (κ2) is 7.59. The third-order valence-electron chi connectivity index (χ3n) is 4.84. The van der Waals surface area contributed by atoms with Crippen molar-refractivity contribution in [3.8, 4) is 0 Å². The molecule has 28 heavy (non-hydrogen) atoms. The van der Waals surface area contributed by atoms with E-state index in [-0.39, 0.29) is 12.5 Å². The number of hydrogen-bond donors (Lipinski definition) is 2. The summed E-state index contributed by atoms with van der Waals surface area (Å²) in [5.41, 5.74) is 2.22. The minimum atomic E-state index is -0.656. The highest BCUT2D eigenvalue weighted by Gasteiger charge is 2.28. The maximum atomic E-state index is 12.7. The van der Waals surface area contributed by atoms with Crippen LogP contribution in [0.4, 0.5) is 0 Å². The smallest absolute Gasteiger partial charge is 0.312 e. The molecule has 1 aliphatic heterocycles. The number of H-pyrrole nitrogens is 1. The molecule has 0 spiro atoms. The van der Waals surface area contributed by atoms with Gasteiger partial charge >= 0.3 is 11.8 Å². The van der Waals surface area contributed by atoms with Gasteiger partial charge in [-0.3, -0.25) is 14.4 Å². The number of nitrogens with one attached hydrogen (secondary N) is 2. The Hall–Kier alpha value is -3.55. The van der Waals surface area contributed by atoms with E-state index in [4.69, 9.17) is 4.42 Å². The molecule has 1 saturated heterocycles. The largest absolute Gasteiger partial charge is 0.472 e. The van der Waals surface area contributed by atoms with Crippen molar-refractivity contribution in [3.63, 3.8) is 0 Å². The number of furan rings is 1. The maximum Gasteiger partial charge on any atom is 0.312 e. The summed E-state index contributed by atoms with van der Waals surface area (Å²) in [6, 6.07) is 11.3. The number of hydrogen-bond acceptors (Lipinski definition) is 4. The quantitative estimate of drug-likeness (QED) is 0.671. The zero-order valence-corrected chi connectivity index (χ0v) is 15.2. The lowest BCUT2D eigenvalue weighted by atomic mass is 10.2. The molecule has 144 valence electrons. The molecule has 8 heteroatoms. The van der Waals surface area contributed by atoms with Crippen molar-refractivity contribution in [3.05, 3.63) is 60.2 Å². The molecule has 1 fully saturated rings. The number of aromatic nitrogens is 1. The number of fused-ring (bicyclic) bond motifs is 1. The van der Waals surface area contributed by atoms with Crippen LogP contribution in [0.25, 0.3) is 10.9 Å². The van der Waals surface area contributed by atoms with Crippen LogP contribution in [0.1, 0.15) is 16.1 Å². The number of nitrogens with zero attached hydrogens (tertiary/aromatic N) is 2. The number of benzene rings is 1. The first kappa shape index (κ1) is 17.8. The summed E-state index contributed by atoms with van der Waals surface area (Å²) in [5, 5.41) is 3.56. The molecule has 1 aromatic carbocycles. The molecular formula is C20H20N4O4. The molecule has 0 bridgehead atoms. The normalized spacial score (nSPS) is 14.3. The van der Waals surface area contributed by atoms with E-state index in [1.807, 2.05) is 30.3 Å². The highest BCUT2D eigenvalue weighted by Crippen LogP contribution is 2.17. The lowest BCUT2D eigenvalue weighted by Crippen LogP contribution is -2.53. The summed E-state index contributed by atoms with van der Waals surface area (Å²) in [5.74, 6) is -1.34. The van der Waals surface area contributed by atoms with Crippen molar-refractivity contribution in [1.29, 1.82) is 0 Å². The summed E-state index contributed by atoms with van der Waals surface area (Å²) < 4.78 is 4.93. The zero-order chi connectivity index (χ0) is 19.5. The predicted octanol–water partition coefficient (Wildman–Crippen LogP) is 1.36. The van der Waals surface area contributed by atoms with Crippen LogP contribution < -0.4 is 5.32 Å². The van der Waals surface area contributed by atoms with Crippen LogP contribution in [0.3, 0.4) is 0 Å². The van der Waals surface area contributed by atoms with Gasteiger partial charge in [0.1, 0.15) is 5.69 Å². The van der Waals surface area contributed by atoms with E-state index in [0.717, 1.165) is 16.5 Å². The lowest BCUT2D eigenvalue weighted by molar-refractivity contribution is -0.146. The van der Waals surface area contributed by atoms with Crippen molar-refractivity contribution in [2.75, 3.05) is 26.2 Å². The molecule has 3 amide bonds. The van der Waals surface area contributed by atoms with E-state index in [1.165, 1.54) is 17.4 Å². The van der Waals surface area contributed by atoms with Gasteiger partial charge < -0.3 is 24.5 Å². The molecule has 3 aromatic rings. The first-order valence-corrected chi connectivity index (χ1v) is 9.07. The van der Waals surface area contributed by atoms with Gasteiger partial charge in [-0.1, -0.05) is 18.2 Å². The minimum Gasteiger partial charge on any atom is -0.472 e. The van der Waals surface area contributed by atoms with Gasteiger partial charge in [-0.05, 0) is 18.2 Å². The Bertz CT molecular complexity index is 967. The van der Waals surface area contributed by atoms with Gasteiger partial charge in [-0.2, -0.15) is 0 Å². The van der Waals surface area contributed by atoms with Crippen molar-refractivity contribution < 1.29 is 18.8 Å². The molecule has 4 rings (SSSR count). The van der Waals surface area contributed by atoms with Gasteiger partial charge in [0.15, 0.2) is 0 Å². The lowest BCUT2D eigenvalue weighted by Gasteiger charge is -2.34. The SMILES string of the molecule is O=C(NCc1ccoc1)C(=O)N1CCN(C(=O)c2cc3ccccc3[nH]2)CC1. The van der Waals surface area contributed by atoms with E-state index in [9.17, 15) is 14.4 Å². The standard InChI is InChI=1S/C20H20N4O4/c25-18(21-12-14-5-10-28-13-14)20(27)24-8-6-23(7-9-24)19(26)17-11-15-3-1-2-4-16(15)22-17/h1-5,10-11,13,22H,6-9,12H2,(H,21,25). The maximum absolute atomic E-state index is 12.7. The van der Waals surface area contributed by atoms with Crippen LogP contribution in [-0.4, -0.2) is 58.7 Å². The third-order valence-corrected chi connectivity index (χ3v) is 4.84. The topological polar surface area (TPSA) is 98.7 Å². The molecule has 0 unspecified atom stereocenters. The second-order valence-electron chi connectivity index (χ2n) is 6.67. The fourth-order valence-corrected chi connectivity index (χ4v) is 3.27. The molecule has 0 radical (unpaired) electrons. The van der Waals surface area contributed by atoms with Gasteiger partial charge in [0, 0.05) is 49.2 Å². The Kier molecular flexibility index (Phi) is 4.84. The first-order valence-electron chi connectivity index (χ1n) is 9.07. The number of para-hydroxylation sites is 1. The summed E-state index contributed by atoms with van der Waals surface area (Å²) in [4.78, 5) is 43.4. The highest BCUT2D eigenvalue weighted by molar-refractivity contribution is 6.35. The van der Waals surface area contributed by atoms with E-state index in [1.54, 1.807) is 11.0 Å². The Morgan fingerprint density at radius 1 is 1.04 bits per heavy atom. The molecular weight excluding hydrogens is 360 g/mol. The fraction of sp³-hybridized carbons (Fsp3) is 0.250. The summed E-state index contributed by atoms with van der Waals surface area (Å²) in [6.45, 7) is 1.65. The average molecular weight is 380 g/mol. The number of rotatable bonds is 3. The van der Waals surface area contributed by atoms with Crippen molar-refractivity contribution >= 4 is 28.6 Å². The number of amides is 3. The fourth-order valence-electron chi connectivity index (χ4n) is 3.27. The summed E-state index contributed by atoms with van der Waals surface area (Å²) >= 11 is 0. The third kappa shape index (κ3) is 3.62. The van der Waals surface area contributed by atoms with Gasteiger partial charge in [0.2, 0.25) is 0 Å². The zero-order valence-electron chi connectivity index (χ0n) is 15.2. The molecule has 8 nitrogen and oxygen atoms in total. The van der Waals surface area contributed by atoms with Gasteiger partial charge in [0.25, 0.3) is 5.91 Å². The molecule has 3 heterocycles.